The molecule has 1 N–H and O–H groups in total. The number of esters is 1. The number of benzene rings is 3. The molecule has 0 saturated carbocycles. The van der Waals surface area contributed by atoms with Crippen LogP contribution in [0, 0.1) is 0 Å². The number of alkyl halides is 3. The number of hydrogen-bond donors (Lipinski definition) is 1. The number of carbonyl (C=O) groups is 1. The van der Waals surface area contributed by atoms with Crippen molar-refractivity contribution >= 4 is 49.9 Å². The normalized spacial score (nSPS) is 15.7. The largest absolute Gasteiger partial charge is 0.461 e. The van der Waals surface area contributed by atoms with Crippen molar-refractivity contribution in [1.82, 2.24) is 14.5 Å². The first kappa shape index (κ1) is 38.5. The summed E-state index contributed by atoms with van der Waals surface area (Å²) in [5, 5.41) is -0.767. The molecule has 1 aromatic heterocycles. The molecule has 4 aromatic rings. The van der Waals surface area contributed by atoms with Gasteiger partial charge < -0.3 is 14.5 Å². The van der Waals surface area contributed by atoms with E-state index in [1.807, 2.05) is 30.3 Å². The maximum atomic E-state index is 14.5. The fraction of sp³-hybridized carbons (Fsp3) is 0.400. The van der Waals surface area contributed by atoms with E-state index in [2.05, 4.69) is 4.98 Å². The Morgan fingerprint density at radius 3 is 2.51 bits per heavy atom. The number of halogens is 5. The van der Waals surface area contributed by atoms with E-state index in [4.69, 9.17) is 32.7 Å². The average molecular weight is 771 g/mol. The molecule has 1 saturated heterocycles. The van der Waals surface area contributed by atoms with Crippen molar-refractivity contribution in [3.8, 4) is 0 Å². The summed E-state index contributed by atoms with van der Waals surface area (Å²) in [6.07, 6.45) is -3.33. The van der Waals surface area contributed by atoms with Crippen LogP contribution in [0.2, 0.25) is 10.0 Å². The molecule has 51 heavy (non-hydrogen) atoms. The van der Waals surface area contributed by atoms with Crippen LogP contribution in [0.4, 0.5) is 13.2 Å². The van der Waals surface area contributed by atoms with Crippen molar-refractivity contribution in [1.29, 1.82) is 0 Å². The minimum absolute atomic E-state index is 0.0277. The molecule has 0 unspecified atom stereocenters. The van der Waals surface area contributed by atoms with Crippen molar-refractivity contribution < 1.29 is 35.9 Å². The van der Waals surface area contributed by atoms with E-state index in [1.165, 1.54) is 25.1 Å². The van der Waals surface area contributed by atoms with Gasteiger partial charge in [-0.05, 0) is 66.8 Å². The lowest BCUT2D eigenvalue weighted by atomic mass is 10.0. The Kier molecular flexibility index (Phi) is 12.3. The summed E-state index contributed by atoms with van der Waals surface area (Å²) in [5.74, 6) is -0.629. The highest BCUT2D eigenvalue weighted by atomic mass is 35.5. The molecule has 1 atom stereocenters. The molecule has 2 heterocycles. The Balaban J connectivity index is 1.32. The van der Waals surface area contributed by atoms with E-state index < -0.39 is 49.8 Å². The summed E-state index contributed by atoms with van der Waals surface area (Å²) >= 11 is 12.7. The van der Waals surface area contributed by atoms with Gasteiger partial charge in [0.2, 0.25) is 0 Å². The fourth-order valence-corrected chi connectivity index (χ4v) is 7.65. The van der Waals surface area contributed by atoms with Gasteiger partial charge in [-0.2, -0.15) is 13.2 Å². The predicted octanol–water partition coefficient (Wildman–Crippen LogP) is 6.36. The number of carbonyl (C=O) groups excluding carboxylic acids is 1. The Bertz CT molecular complexity index is 2120. The first-order chi connectivity index (χ1) is 24.2. The van der Waals surface area contributed by atoms with Crippen molar-refractivity contribution in [3.05, 3.63) is 108 Å². The summed E-state index contributed by atoms with van der Waals surface area (Å²) < 4.78 is 80.8. The van der Waals surface area contributed by atoms with Gasteiger partial charge in [0, 0.05) is 31.1 Å². The maximum Gasteiger partial charge on any atom is 0.416 e. The Morgan fingerprint density at radius 1 is 1.06 bits per heavy atom. The third kappa shape index (κ3) is 9.41. The van der Waals surface area contributed by atoms with Gasteiger partial charge in [0.15, 0.2) is 9.84 Å². The molecule has 1 aliphatic rings. The predicted molar refractivity (Wildman–Crippen MR) is 187 cm³/mol. The van der Waals surface area contributed by atoms with E-state index >= 15 is 0 Å². The second kappa shape index (κ2) is 16.3. The number of nitrogens with one attached hydrogen (secondary N) is 1. The average Bonchev–Trinajstić information content (AvgIpc) is 3.09. The molecule has 0 radical (unpaired) electrons. The summed E-state index contributed by atoms with van der Waals surface area (Å²) in [4.78, 5) is 43.0. The molecule has 0 amide bonds. The smallest absolute Gasteiger partial charge is 0.416 e. The van der Waals surface area contributed by atoms with Crippen LogP contribution in [-0.2, 0) is 50.0 Å². The van der Waals surface area contributed by atoms with E-state index in [9.17, 15) is 36.0 Å². The summed E-state index contributed by atoms with van der Waals surface area (Å²) in [5.41, 5.74) is -2.87. The number of ether oxygens (including phenoxy) is 2. The highest BCUT2D eigenvalue weighted by Crippen LogP contribution is 2.39. The zero-order chi connectivity index (χ0) is 36.9. The van der Waals surface area contributed by atoms with Crippen LogP contribution in [0.3, 0.4) is 0 Å². The van der Waals surface area contributed by atoms with E-state index in [0.717, 1.165) is 5.56 Å². The van der Waals surface area contributed by atoms with Crippen LogP contribution in [0.1, 0.15) is 54.9 Å². The van der Waals surface area contributed by atoms with Gasteiger partial charge in [-0.1, -0.05) is 60.5 Å². The van der Waals surface area contributed by atoms with Gasteiger partial charge in [-0.3, -0.25) is 19.1 Å². The molecule has 0 aliphatic carbocycles. The first-order valence-corrected chi connectivity index (χ1v) is 18.7. The third-order valence-electron chi connectivity index (χ3n) is 8.66. The van der Waals surface area contributed by atoms with Crippen LogP contribution in [0.5, 0.6) is 0 Å². The molecule has 0 spiro atoms. The van der Waals surface area contributed by atoms with Crippen molar-refractivity contribution in [3.63, 3.8) is 0 Å². The fourth-order valence-electron chi connectivity index (χ4n) is 6.04. The number of sulfone groups is 1. The zero-order valence-corrected chi connectivity index (χ0v) is 29.9. The van der Waals surface area contributed by atoms with Crippen LogP contribution >= 0.6 is 23.2 Å². The molecule has 16 heteroatoms. The Labute approximate surface area is 302 Å². The van der Waals surface area contributed by atoms with E-state index in [-0.39, 0.29) is 70.6 Å². The van der Waals surface area contributed by atoms with Crippen LogP contribution < -0.4 is 11.2 Å². The number of hydrogen-bond acceptors (Lipinski definition) is 8. The quantitative estimate of drug-likeness (QED) is 0.123. The van der Waals surface area contributed by atoms with Crippen LogP contribution in [0.15, 0.2) is 69.1 Å². The molecule has 0 bridgehead atoms. The third-order valence-corrected chi connectivity index (χ3v) is 11.1. The first-order valence-electron chi connectivity index (χ1n) is 16.3. The van der Waals surface area contributed by atoms with Crippen molar-refractivity contribution in [2.24, 2.45) is 0 Å². The number of rotatable bonds is 13. The monoisotopic (exact) mass is 769 g/mol. The van der Waals surface area contributed by atoms with E-state index in [1.54, 1.807) is 4.90 Å². The minimum atomic E-state index is -4.91. The maximum absolute atomic E-state index is 14.5. The standard InChI is InChI=1S/C35H36Cl2F3N3O7S/c1-2-51(47,48)29-13-12-24(36)16-23(29)18-43-33(45)26-17-28(35(38,39)40)27(31(37)32(26)41-34(43)46)20-42-14-6-10-25(19-42)49-15-7-11-30(44)50-21-22-8-4-3-5-9-22/h3-5,8-9,12-13,16-17,25H,2,6-7,10-11,14-15,18-21H2,1H3,(H,41,46)/t25-/m0/s1. The molecular weight excluding hydrogens is 734 g/mol. The minimum Gasteiger partial charge on any atom is -0.461 e. The number of likely N-dealkylation sites (tertiary alicyclic amines) is 1. The SMILES string of the molecule is CCS(=O)(=O)c1ccc(Cl)cc1Cn1c(=O)[nH]c2c(Cl)c(CN3CCC[C@H](OCCCC(=O)OCc4ccccc4)C3)c(C(F)(F)F)cc2c1=O. The lowest BCUT2D eigenvalue weighted by Gasteiger charge is -2.33. The molecule has 1 fully saturated rings. The molecule has 274 valence electrons. The lowest BCUT2D eigenvalue weighted by molar-refractivity contribution is -0.145. The number of fused-ring (bicyclic) bond motifs is 1. The Hall–Kier alpha value is -3.69. The molecular formula is C35H36Cl2F3N3O7S. The number of aromatic nitrogens is 2. The van der Waals surface area contributed by atoms with E-state index in [0.29, 0.717) is 43.0 Å². The molecule has 10 nitrogen and oxygen atoms in total. The Morgan fingerprint density at radius 2 is 1.80 bits per heavy atom. The van der Waals surface area contributed by atoms with Gasteiger partial charge in [0.1, 0.15) is 6.61 Å². The van der Waals surface area contributed by atoms with Gasteiger partial charge >= 0.3 is 17.8 Å². The second-order valence-electron chi connectivity index (χ2n) is 12.2. The number of H-pyrrole nitrogens is 1. The number of nitrogens with zero attached hydrogens (tertiary/aromatic N) is 2. The zero-order valence-electron chi connectivity index (χ0n) is 27.6. The topological polar surface area (TPSA) is 128 Å². The molecule has 3 aromatic carbocycles. The molecule has 5 rings (SSSR count). The second-order valence-corrected chi connectivity index (χ2v) is 15.3. The summed E-state index contributed by atoms with van der Waals surface area (Å²) in [6.45, 7) is 1.81. The summed E-state index contributed by atoms with van der Waals surface area (Å²) in [7, 11) is -3.80. The van der Waals surface area contributed by atoms with Crippen molar-refractivity contribution in [2.45, 2.75) is 69.5 Å². The van der Waals surface area contributed by atoms with Gasteiger partial charge in [0.25, 0.3) is 5.56 Å². The van der Waals surface area contributed by atoms with Crippen molar-refractivity contribution in [2.75, 3.05) is 25.4 Å². The van der Waals surface area contributed by atoms with Gasteiger partial charge in [-0.25, -0.2) is 13.2 Å². The molecule has 1 aliphatic heterocycles. The number of aromatic amines is 1. The van der Waals surface area contributed by atoms with Crippen LogP contribution in [0.25, 0.3) is 10.9 Å². The van der Waals surface area contributed by atoms with Gasteiger partial charge in [-0.15, -0.1) is 0 Å². The number of piperidine rings is 1. The summed E-state index contributed by atoms with van der Waals surface area (Å²) in [6, 6.07) is 13.8. The highest BCUT2D eigenvalue weighted by molar-refractivity contribution is 7.91. The highest BCUT2D eigenvalue weighted by Gasteiger charge is 2.37. The lowest BCUT2D eigenvalue weighted by Crippen LogP contribution is -2.40. The van der Waals surface area contributed by atoms with Gasteiger partial charge in [0.05, 0.1) is 44.8 Å². The van der Waals surface area contributed by atoms with Crippen LogP contribution in [-0.4, -0.2) is 60.4 Å².